The normalized spacial score (nSPS) is 11.6. The van der Waals surface area contributed by atoms with Crippen molar-refractivity contribution in [3.8, 4) is 0 Å². The molecule has 0 amide bonds. The minimum atomic E-state index is 0. The molecule has 0 radical (unpaired) electrons. The number of hydrogen-bond acceptors (Lipinski definition) is 0. The van der Waals surface area contributed by atoms with Crippen LogP contribution in [0.5, 0.6) is 0 Å². The van der Waals surface area contributed by atoms with Gasteiger partial charge in [0, 0.05) is 0 Å². The fourth-order valence-electron chi connectivity index (χ4n) is 2.90. The van der Waals surface area contributed by atoms with Gasteiger partial charge in [-0.05, 0) is 0 Å². The topological polar surface area (TPSA) is 0 Å². The Bertz CT molecular complexity index is 765. The Kier molecular flexibility index (Phi) is 12.2. The van der Waals surface area contributed by atoms with E-state index in [1.54, 1.807) is 0 Å². The zero-order valence-electron chi connectivity index (χ0n) is 14.4. The summed E-state index contributed by atoms with van der Waals surface area (Å²) in [5.41, 5.74) is 1.48. The number of unbranched alkanes of at least 4 members (excludes halogenated alkanes) is 1. The van der Waals surface area contributed by atoms with E-state index >= 15 is 0 Å². The molecule has 0 saturated heterocycles. The molecule has 0 unspecified atom stereocenters. The minimum absolute atomic E-state index is 0. The first kappa shape index (κ1) is 24.3. The Morgan fingerprint density at radius 3 is 1.96 bits per heavy atom. The Balaban J connectivity index is 0.000000435. The van der Waals surface area contributed by atoms with Crippen molar-refractivity contribution in [3.05, 3.63) is 78.4 Å². The molecule has 4 rings (SSSR count). The van der Waals surface area contributed by atoms with Crippen LogP contribution in [-0.2, 0) is 26.2 Å². The van der Waals surface area contributed by atoms with Crippen molar-refractivity contribution < 1.29 is 51.0 Å². The summed E-state index contributed by atoms with van der Waals surface area (Å²) in [6, 6.07) is 19.3. The Hall–Kier alpha value is -0.747. The van der Waals surface area contributed by atoms with E-state index in [1.807, 2.05) is 0 Å². The van der Waals surface area contributed by atoms with E-state index < -0.39 is 0 Å². The number of rotatable bonds is 3. The van der Waals surface area contributed by atoms with Gasteiger partial charge in [0.25, 0.3) is 0 Å². The number of benzene rings is 2. The summed E-state index contributed by atoms with van der Waals surface area (Å²) in [5, 5.41) is 5.39. The van der Waals surface area contributed by atoms with Crippen molar-refractivity contribution in [2.45, 2.75) is 32.6 Å². The maximum atomic E-state index is 3.16. The molecule has 0 N–H and O–H groups in total. The maximum Gasteiger partial charge on any atom is 4.00 e. The Morgan fingerprint density at radius 2 is 1.48 bits per heavy atom. The first-order chi connectivity index (χ1) is 10.9. The van der Waals surface area contributed by atoms with Crippen LogP contribution in [0.3, 0.4) is 0 Å². The minimum Gasteiger partial charge on any atom is -1.00 e. The van der Waals surface area contributed by atoms with E-state index in [1.165, 1.54) is 46.4 Å². The van der Waals surface area contributed by atoms with Gasteiger partial charge in [0.1, 0.15) is 0 Å². The Morgan fingerprint density at radius 1 is 0.920 bits per heavy atom. The summed E-state index contributed by atoms with van der Waals surface area (Å²) in [7, 11) is 0. The van der Waals surface area contributed by atoms with E-state index in [2.05, 4.69) is 79.7 Å². The molecule has 0 spiro atoms. The average molecular weight is 449 g/mol. The quantitative estimate of drug-likeness (QED) is 0.515. The van der Waals surface area contributed by atoms with E-state index in [0.29, 0.717) is 0 Å². The third-order valence-corrected chi connectivity index (χ3v) is 4.11. The molecule has 3 aromatic carbocycles. The largest absolute Gasteiger partial charge is 4.00 e. The molecule has 128 valence electrons. The second-order valence-electron chi connectivity index (χ2n) is 5.75. The van der Waals surface area contributed by atoms with Gasteiger partial charge in [0.2, 0.25) is 0 Å². The molecular weight excluding hydrogens is 426 g/mol. The Labute approximate surface area is 182 Å². The molecule has 0 nitrogen and oxygen atoms in total. The van der Waals surface area contributed by atoms with Crippen LogP contribution in [-0.4, -0.2) is 0 Å². The third kappa shape index (κ3) is 6.48. The first-order valence-electron chi connectivity index (χ1n) is 8.17. The average Bonchev–Trinajstić information content (AvgIpc) is 3.21. The zero-order valence-corrected chi connectivity index (χ0v) is 18.4. The molecule has 0 aliphatic heterocycles. The van der Waals surface area contributed by atoms with Crippen LogP contribution in [0.1, 0.15) is 32.6 Å². The number of halogens is 2. The van der Waals surface area contributed by atoms with E-state index in [9.17, 15) is 0 Å². The van der Waals surface area contributed by atoms with Gasteiger partial charge in [-0.1, -0.05) is 62.6 Å². The van der Waals surface area contributed by atoms with Crippen molar-refractivity contribution in [3.63, 3.8) is 0 Å². The predicted molar refractivity (Wildman–Crippen MR) is 97.1 cm³/mol. The molecule has 25 heavy (non-hydrogen) atoms. The number of fused-ring (bicyclic) bond motifs is 3. The molecule has 1 aliphatic carbocycles. The third-order valence-electron chi connectivity index (χ3n) is 4.11. The van der Waals surface area contributed by atoms with Crippen LogP contribution in [0.2, 0.25) is 0 Å². The number of allylic oxidation sites excluding steroid dienone is 4. The summed E-state index contributed by atoms with van der Waals surface area (Å²) in [4.78, 5) is 0. The van der Waals surface area contributed by atoms with Crippen LogP contribution >= 0.6 is 0 Å². The van der Waals surface area contributed by atoms with Gasteiger partial charge in [-0.2, -0.15) is 6.08 Å². The van der Waals surface area contributed by atoms with E-state index in [4.69, 9.17) is 0 Å². The molecule has 0 atom stereocenters. The van der Waals surface area contributed by atoms with Gasteiger partial charge >= 0.3 is 26.2 Å². The first-order valence-corrected chi connectivity index (χ1v) is 8.17. The van der Waals surface area contributed by atoms with Crippen molar-refractivity contribution in [1.82, 2.24) is 0 Å². The van der Waals surface area contributed by atoms with E-state index in [0.717, 1.165) is 6.42 Å². The standard InChI is InChI=1S/C13H9.C9H13.2ClH.Zr/c1-3-7-12-10(5-1)9-11-6-2-4-8-13(11)12;1-2-3-6-9-7-4-5-8-9;;;/h1-9H;7-8H,2-4,6H2,1H3;2*1H;/q2*-1;;;+4/p-2. The van der Waals surface area contributed by atoms with Crippen LogP contribution in [0.25, 0.3) is 21.5 Å². The fraction of sp³-hybridized carbons (Fsp3) is 0.227. The van der Waals surface area contributed by atoms with Crippen LogP contribution in [0, 0.1) is 6.08 Å². The van der Waals surface area contributed by atoms with Crippen LogP contribution < -0.4 is 24.8 Å². The molecule has 0 bridgehead atoms. The predicted octanol–water partition coefficient (Wildman–Crippen LogP) is 0.583. The number of hydrogen-bond donors (Lipinski definition) is 0. The van der Waals surface area contributed by atoms with Crippen molar-refractivity contribution >= 4 is 21.5 Å². The molecule has 1 aliphatic rings. The fourth-order valence-corrected chi connectivity index (χ4v) is 2.90. The van der Waals surface area contributed by atoms with Gasteiger partial charge in [0.15, 0.2) is 0 Å². The second-order valence-corrected chi connectivity index (χ2v) is 5.75. The zero-order chi connectivity index (χ0) is 15.2. The van der Waals surface area contributed by atoms with Crippen molar-refractivity contribution in [2.75, 3.05) is 0 Å². The molecule has 0 heterocycles. The SMILES string of the molecule is CCCCC1=CC[C-]=C1.[Cl-].[Cl-].[Zr+4].c1ccc2c(c1)[cH-]c1ccccc12. The van der Waals surface area contributed by atoms with E-state index in [-0.39, 0.29) is 51.0 Å². The summed E-state index contributed by atoms with van der Waals surface area (Å²) >= 11 is 0. The monoisotopic (exact) mass is 446 g/mol. The smallest absolute Gasteiger partial charge is 1.00 e. The molecular formula is C22H22Cl2Zr. The van der Waals surface area contributed by atoms with Crippen LogP contribution in [0.4, 0.5) is 0 Å². The van der Waals surface area contributed by atoms with Gasteiger partial charge in [-0.25, -0.2) is 11.6 Å². The molecule has 3 heteroatoms. The summed E-state index contributed by atoms with van der Waals surface area (Å²) in [6.45, 7) is 2.23. The van der Waals surface area contributed by atoms with Gasteiger partial charge < -0.3 is 24.8 Å². The van der Waals surface area contributed by atoms with Gasteiger partial charge in [-0.3, -0.25) is 6.08 Å². The van der Waals surface area contributed by atoms with Crippen LogP contribution in [0.15, 0.2) is 72.3 Å². The van der Waals surface area contributed by atoms with Crippen molar-refractivity contribution in [2.24, 2.45) is 0 Å². The summed E-state index contributed by atoms with van der Waals surface area (Å²) in [5.74, 6) is 0. The summed E-state index contributed by atoms with van der Waals surface area (Å²) < 4.78 is 0. The van der Waals surface area contributed by atoms with Gasteiger partial charge in [0.05, 0.1) is 0 Å². The molecule has 0 fully saturated rings. The molecule has 0 saturated carbocycles. The van der Waals surface area contributed by atoms with Crippen molar-refractivity contribution in [1.29, 1.82) is 0 Å². The molecule has 0 aromatic heterocycles. The van der Waals surface area contributed by atoms with Gasteiger partial charge in [-0.15, -0.1) is 46.2 Å². The summed E-state index contributed by atoms with van der Waals surface area (Å²) in [6.07, 6.45) is 12.5. The maximum absolute atomic E-state index is 3.16. The second kappa shape index (κ2) is 12.6. The molecule has 3 aromatic rings.